The number of imide groups is 1. The number of aryl methyl sites for hydroxylation is 3. The van der Waals surface area contributed by atoms with Crippen molar-refractivity contribution in [3.05, 3.63) is 70.6 Å². The summed E-state index contributed by atoms with van der Waals surface area (Å²) in [6, 6.07) is 13.3. The molecule has 0 radical (unpaired) electrons. The van der Waals surface area contributed by atoms with E-state index in [1.807, 2.05) is 43.3 Å². The van der Waals surface area contributed by atoms with Crippen molar-refractivity contribution in [1.82, 2.24) is 20.4 Å². The summed E-state index contributed by atoms with van der Waals surface area (Å²) in [5.41, 5.74) is 4.15. The van der Waals surface area contributed by atoms with Gasteiger partial charge in [0.25, 0.3) is 5.91 Å². The molecule has 5 rings (SSSR count). The highest BCUT2D eigenvalue weighted by atomic mass is 16.5. The van der Waals surface area contributed by atoms with Crippen LogP contribution in [0.25, 0.3) is 11.4 Å². The van der Waals surface area contributed by atoms with E-state index in [1.54, 1.807) is 6.92 Å². The van der Waals surface area contributed by atoms with Crippen molar-refractivity contribution >= 4 is 11.9 Å². The summed E-state index contributed by atoms with van der Waals surface area (Å²) in [7, 11) is 0. The average molecular weight is 402 g/mol. The Balaban J connectivity index is 1.40. The molecular formula is C23H22N4O3. The summed E-state index contributed by atoms with van der Waals surface area (Å²) < 4.78 is 5.33. The third-order valence-electron chi connectivity index (χ3n) is 6.10. The van der Waals surface area contributed by atoms with Crippen LogP contribution >= 0.6 is 0 Å². The maximum atomic E-state index is 13.2. The summed E-state index contributed by atoms with van der Waals surface area (Å²) in [5.74, 6) is 0.340. The van der Waals surface area contributed by atoms with Crippen molar-refractivity contribution in [2.24, 2.45) is 0 Å². The molecule has 1 N–H and O–H groups in total. The van der Waals surface area contributed by atoms with Crippen molar-refractivity contribution in [2.75, 3.05) is 0 Å². The van der Waals surface area contributed by atoms with E-state index in [0.717, 1.165) is 40.9 Å². The number of hydrogen-bond donors (Lipinski definition) is 1. The number of carbonyl (C=O) groups excluding carboxylic acids is 2. The van der Waals surface area contributed by atoms with Gasteiger partial charge >= 0.3 is 6.03 Å². The maximum Gasteiger partial charge on any atom is 0.325 e. The quantitative estimate of drug-likeness (QED) is 0.675. The Bertz CT molecular complexity index is 1170. The minimum absolute atomic E-state index is 0.0654. The fraction of sp³-hybridized carbons (Fsp3) is 0.304. The van der Waals surface area contributed by atoms with Crippen molar-refractivity contribution < 1.29 is 14.1 Å². The molecule has 1 aromatic heterocycles. The van der Waals surface area contributed by atoms with Crippen molar-refractivity contribution in [3.63, 3.8) is 0 Å². The lowest BCUT2D eigenvalue weighted by Gasteiger charge is -2.22. The smallest absolute Gasteiger partial charge is 0.325 e. The van der Waals surface area contributed by atoms with Crippen LogP contribution in [0.1, 0.15) is 41.5 Å². The van der Waals surface area contributed by atoms with Gasteiger partial charge in [-0.3, -0.25) is 9.69 Å². The fourth-order valence-electron chi connectivity index (χ4n) is 4.31. The second-order valence-electron chi connectivity index (χ2n) is 8.11. The minimum Gasteiger partial charge on any atom is -0.337 e. The number of hydrogen-bond acceptors (Lipinski definition) is 5. The Labute approximate surface area is 174 Å². The number of amides is 3. The number of fused-ring (bicyclic) bond motifs is 1. The van der Waals surface area contributed by atoms with Crippen molar-refractivity contribution in [1.29, 1.82) is 0 Å². The Morgan fingerprint density at radius 1 is 1.13 bits per heavy atom. The minimum atomic E-state index is -1.10. The van der Waals surface area contributed by atoms with Gasteiger partial charge in [0.15, 0.2) is 0 Å². The number of rotatable bonds is 4. The third kappa shape index (κ3) is 2.89. The van der Waals surface area contributed by atoms with Gasteiger partial charge in [0.2, 0.25) is 11.7 Å². The highest BCUT2D eigenvalue weighted by Crippen LogP contribution is 2.33. The molecule has 0 bridgehead atoms. The van der Waals surface area contributed by atoms with E-state index in [9.17, 15) is 9.59 Å². The lowest BCUT2D eigenvalue weighted by atomic mass is 9.90. The lowest BCUT2D eigenvalue weighted by molar-refractivity contribution is -0.131. The average Bonchev–Trinajstić information content (AvgIpc) is 3.44. The molecule has 2 aliphatic rings. The molecule has 3 aromatic rings. The first-order valence-electron chi connectivity index (χ1n) is 10.1. The number of aromatic nitrogens is 2. The van der Waals surface area contributed by atoms with Crippen molar-refractivity contribution in [3.8, 4) is 11.4 Å². The van der Waals surface area contributed by atoms with Crippen LogP contribution in [0, 0.1) is 6.92 Å². The first-order valence-corrected chi connectivity index (χ1v) is 10.1. The summed E-state index contributed by atoms with van der Waals surface area (Å²) in [5, 5.41) is 6.87. The molecule has 1 aliphatic heterocycles. The van der Waals surface area contributed by atoms with E-state index in [1.165, 1.54) is 11.1 Å². The van der Waals surface area contributed by atoms with Crippen LogP contribution in [0.5, 0.6) is 0 Å². The number of benzene rings is 2. The zero-order valence-corrected chi connectivity index (χ0v) is 16.9. The van der Waals surface area contributed by atoms with E-state index in [-0.39, 0.29) is 18.3 Å². The molecule has 7 heteroatoms. The molecule has 1 fully saturated rings. The predicted octanol–water partition coefficient (Wildman–Crippen LogP) is 3.50. The van der Waals surface area contributed by atoms with Gasteiger partial charge < -0.3 is 9.84 Å². The molecule has 1 atom stereocenters. The SMILES string of the molecule is Cc1ccccc1-c1noc(CN2C(=O)N[C@](C)(c3ccc4c(c3)CCC4)C2=O)n1. The van der Waals surface area contributed by atoms with Crippen LogP contribution in [-0.2, 0) is 29.7 Å². The Hall–Kier alpha value is -3.48. The van der Waals surface area contributed by atoms with Gasteiger partial charge in [-0.1, -0.05) is 47.6 Å². The van der Waals surface area contributed by atoms with Gasteiger partial charge in [0, 0.05) is 5.56 Å². The first-order chi connectivity index (χ1) is 14.5. The largest absolute Gasteiger partial charge is 0.337 e. The Kier molecular flexibility index (Phi) is 4.20. The van der Waals surface area contributed by atoms with E-state index < -0.39 is 11.6 Å². The van der Waals surface area contributed by atoms with Gasteiger partial charge in [-0.05, 0) is 55.4 Å². The van der Waals surface area contributed by atoms with Gasteiger partial charge in [0.1, 0.15) is 12.1 Å². The number of nitrogens with zero attached hydrogens (tertiary/aromatic N) is 3. The molecule has 1 aliphatic carbocycles. The summed E-state index contributed by atoms with van der Waals surface area (Å²) in [6.07, 6.45) is 3.20. The molecule has 1 saturated heterocycles. The maximum absolute atomic E-state index is 13.2. The van der Waals surface area contributed by atoms with Gasteiger partial charge in [-0.2, -0.15) is 4.98 Å². The molecule has 0 saturated carbocycles. The van der Waals surface area contributed by atoms with Gasteiger partial charge in [0.05, 0.1) is 0 Å². The van der Waals surface area contributed by atoms with E-state index in [0.29, 0.717) is 5.82 Å². The second kappa shape index (κ2) is 6.79. The van der Waals surface area contributed by atoms with Crippen LogP contribution < -0.4 is 5.32 Å². The number of urea groups is 1. The van der Waals surface area contributed by atoms with Gasteiger partial charge in [-0.25, -0.2) is 4.79 Å². The van der Waals surface area contributed by atoms with E-state index in [4.69, 9.17) is 4.52 Å². The van der Waals surface area contributed by atoms with Gasteiger partial charge in [-0.15, -0.1) is 0 Å². The zero-order chi connectivity index (χ0) is 20.9. The van der Waals surface area contributed by atoms with Crippen LogP contribution in [0.3, 0.4) is 0 Å². The standard InChI is InChI=1S/C23H22N4O3/c1-14-6-3-4-9-18(14)20-24-19(30-26-20)13-27-21(28)23(2,25-22(27)29)17-11-10-15-7-5-8-16(15)12-17/h3-4,6,9-12H,5,7-8,13H2,1-2H3,(H,25,29)/t23-/m1/s1. The van der Waals surface area contributed by atoms with Crippen LogP contribution in [-0.4, -0.2) is 27.0 Å². The molecule has 152 valence electrons. The Morgan fingerprint density at radius 3 is 2.77 bits per heavy atom. The van der Waals surface area contributed by atoms with Crippen LogP contribution in [0.15, 0.2) is 47.0 Å². The second-order valence-corrected chi connectivity index (χ2v) is 8.11. The molecule has 2 heterocycles. The van der Waals surface area contributed by atoms with Crippen LogP contribution in [0.2, 0.25) is 0 Å². The highest BCUT2D eigenvalue weighted by molar-refractivity contribution is 6.07. The lowest BCUT2D eigenvalue weighted by Crippen LogP contribution is -2.41. The Morgan fingerprint density at radius 2 is 1.93 bits per heavy atom. The molecular weight excluding hydrogens is 380 g/mol. The monoisotopic (exact) mass is 402 g/mol. The predicted molar refractivity (Wildman–Crippen MR) is 109 cm³/mol. The molecule has 30 heavy (non-hydrogen) atoms. The fourth-order valence-corrected chi connectivity index (χ4v) is 4.31. The number of carbonyl (C=O) groups is 2. The van der Waals surface area contributed by atoms with Crippen LogP contribution in [0.4, 0.5) is 4.79 Å². The normalized spacial score (nSPS) is 20.5. The molecule has 2 aromatic carbocycles. The molecule has 0 unspecified atom stereocenters. The summed E-state index contributed by atoms with van der Waals surface area (Å²) in [4.78, 5) is 31.4. The molecule has 3 amide bonds. The molecule has 7 nitrogen and oxygen atoms in total. The topological polar surface area (TPSA) is 88.3 Å². The third-order valence-corrected chi connectivity index (χ3v) is 6.10. The summed E-state index contributed by atoms with van der Waals surface area (Å²) in [6.45, 7) is 3.64. The van der Waals surface area contributed by atoms with E-state index >= 15 is 0 Å². The van der Waals surface area contributed by atoms with E-state index in [2.05, 4.69) is 21.5 Å². The zero-order valence-electron chi connectivity index (χ0n) is 16.9. The highest BCUT2D eigenvalue weighted by Gasteiger charge is 2.49. The summed E-state index contributed by atoms with van der Waals surface area (Å²) >= 11 is 0. The number of nitrogens with one attached hydrogen (secondary N) is 1. The van der Waals surface area contributed by atoms with Crippen molar-refractivity contribution in [2.45, 2.75) is 45.2 Å². The first kappa shape index (κ1) is 18.5. The molecule has 0 spiro atoms.